The number of anilines is 1. The minimum absolute atomic E-state index is 0.470. The van der Waals surface area contributed by atoms with Crippen LogP contribution in [0.25, 0.3) is 11.3 Å². The van der Waals surface area contributed by atoms with E-state index in [2.05, 4.69) is 20.9 Å². The number of hydrogen-bond donors (Lipinski definition) is 1. The van der Waals surface area contributed by atoms with Gasteiger partial charge in [0.2, 0.25) is 0 Å². The van der Waals surface area contributed by atoms with Crippen molar-refractivity contribution < 1.29 is 0 Å². The van der Waals surface area contributed by atoms with Crippen molar-refractivity contribution in [2.24, 2.45) is 0 Å². The Hall–Kier alpha value is -0.580. The lowest BCUT2D eigenvalue weighted by molar-refractivity contribution is 1.41. The lowest BCUT2D eigenvalue weighted by Crippen LogP contribution is -1.85. The molecular weight excluding hydrogens is 284 g/mol. The zero-order chi connectivity index (χ0) is 10.1. The molecule has 5 heteroatoms. The number of rotatable bonds is 1. The van der Waals surface area contributed by atoms with E-state index >= 15 is 0 Å². The Bertz CT molecular complexity index is 470. The molecule has 0 radical (unpaired) electrons. The number of nitrogen functional groups attached to an aromatic ring is 1. The van der Waals surface area contributed by atoms with Crippen LogP contribution in [0, 0.1) is 0 Å². The van der Waals surface area contributed by atoms with Crippen LogP contribution in [0.1, 0.15) is 0 Å². The van der Waals surface area contributed by atoms with Crippen molar-refractivity contribution in [3.63, 3.8) is 0 Å². The van der Waals surface area contributed by atoms with Gasteiger partial charge in [-0.15, -0.1) is 0 Å². The third-order valence-corrected chi connectivity index (χ3v) is 3.21. The van der Waals surface area contributed by atoms with Gasteiger partial charge in [0, 0.05) is 10.0 Å². The molecule has 72 valence electrons. The van der Waals surface area contributed by atoms with E-state index in [-0.39, 0.29) is 0 Å². The highest BCUT2D eigenvalue weighted by atomic mass is 79.9. The van der Waals surface area contributed by atoms with E-state index < -0.39 is 0 Å². The molecule has 0 aliphatic heterocycles. The van der Waals surface area contributed by atoms with Gasteiger partial charge in [0.1, 0.15) is 10.7 Å². The van der Waals surface area contributed by atoms with Gasteiger partial charge in [-0.3, -0.25) is 0 Å². The van der Waals surface area contributed by atoms with Crippen LogP contribution < -0.4 is 5.73 Å². The van der Waals surface area contributed by atoms with E-state index in [0.29, 0.717) is 9.47 Å². The molecule has 0 spiro atoms. The Morgan fingerprint density at radius 2 is 2.21 bits per heavy atom. The molecule has 2 rings (SSSR count). The molecule has 0 aliphatic carbocycles. The average Bonchev–Trinajstić information content (AvgIpc) is 2.45. The number of aromatic nitrogens is 1. The first-order chi connectivity index (χ1) is 6.66. The van der Waals surface area contributed by atoms with Crippen molar-refractivity contribution in [1.29, 1.82) is 0 Å². The van der Waals surface area contributed by atoms with Gasteiger partial charge in [-0.05, 0) is 12.1 Å². The molecular formula is C9H6BrClN2S. The zero-order valence-electron chi connectivity index (χ0n) is 7.00. The van der Waals surface area contributed by atoms with Crippen LogP contribution in [0.2, 0.25) is 4.47 Å². The van der Waals surface area contributed by atoms with E-state index in [4.69, 9.17) is 17.3 Å². The average molecular weight is 290 g/mol. The van der Waals surface area contributed by atoms with Crippen LogP contribution in [0.4, 0.5) is 5.00 Å². The van der Waals surface area contributed by atoms with E-state index in [1.807, 2.05) is 24.3 Å². The maximum Gasteiger partial charge on any atom is 0.186 e. The summed E-state index contributed by atoms with van der Waals surface area (Å²) in [4.78, 5) is 4.16. The summed E-state index contributed by atoms with van der Waals surface area (Å²) >= 11 is 10.5. The number of nitrogens with two attached hydrogens (primary N) is 1. The summed E-state index contributed by atoms with van der Waals surface area (Å²) in [5, 5.41) is 0.646. The lowest BCUT2D eigenvalue weighted by Gasteiger charge is -1.98. The van der Waals surface area contributed by atoms with E-state index in [9.17, 15) is 0 Å². The fourth-order valence-corrected chi connectivity index (χ4v) is 2.46. The maximum absolute atomic E-state index is 5.78. The molecule has 14 heavy (non-hydrogen) atoms. The van der Waals surface area contributed by atoms with Crippen molar-refractivity contribution in [2.45, 2.75) is 0 Å². The van der Waals surface area contributed by atoms with E-state index in [1.54, 1.807) is 0 Å². The highest BCUT2D eigenvalue weighted by molar-refractivity contribution is 9.10. The molecule has 0 saturated heterocycles. The minimum Gasteiger partial charge on any atom is -0.389 e. The van der Waals surface area contributed by atoms with Crippen molar-refractivity contribution in [2.75, 3.05) is 5.73 Å². The number of nitrogens with zero attached hydrogens (tertiary/aromatic N) is 1. The molecule has 2 N–H and O–H groups in total. The number of halogens is 2. The molecule has 0 aliphatic rings. The van der Waals surface area contributed by atoms with Gasteiger partial charge in [-0.25, -0.2) is 4.98 Å². The summed E-state index contributed by atoms with van der Waals surface area (Å²) < 4.78 is 1.47. The lowest BCUT2D eigenvalue weighted by atomic mass is 10.2. The Balaban J connectivity index is 2.54. The van der Waals surface area contributed by atoms with Crippen LogP contribution >= 0.6 is 38.9 Å². The first-order valence-corrected chi connectivity index (χ1v) is 5.83. The Labute approximate surface area is 98.9 Å². The monoisotopic (exact) mass is 288 g/mol. The van der Waals surface area contributed by atoms with Crippen LogP contribution in [-0.4, -0.2) is 4.98 Å². The topological polar surface area (TPSA) is 38.9 Å². The highest BCUT2D eigenvalue weighted by Gasteiger charge is 2.08. The van der Waals surface area contributed by atoms with Crippen molar-refractivity contribution in [3.05, 3.63) is 33.2 Å². The summed E-state index contributed by atoms with van der Waals surface area (Å²) in [6, 6.07) is 7.80. The smallest absolute Gasteiger partial charge is 0.186 e. The zero-order valence-corrected chi connectivity index (χ0v) is 10.2. The largest absolute Gasteiger partial charge is 0.389 e. The van der Waals surface area contributed by atoms with Crippen LogP contribution in [0.15, 0.2) is 28.7 Å². The first-order valence-electron chi connectivity index (χ1n) is 3.84. The normalized spacial score (nSPS) is 10.4. The Morgan fingerprint density at radius 1 is 1.43 bits per heavy atom. The standard InChI is InChI=1S/C9H6BrClN2S/c10-6-3-1-2-5(4-6)7-8(12)14-9(11)13-7/h1-4H,12H2. The predicted molar refractivity (Wildman–Crippen MR) is 64.7 cm³/mol. The summed E-state index contributed by atoms with van der Waals surface area (Å²) in [5.41, 5.74) is 7.50. The van der Waals surface area contributed by atoms with Crippen LogP contribution in [-0.2, 0) is 0 Å². The molecule has 0 bridgehead atoms. The molecule has 2 aromatic rings. The Morgan fingerprint density at radius 3 is 2.79 bits per heavy atom. The molecule has 1 aromatic heterocycles. The molecule has 0 unspecified atom stereocenters. The predicted octanol–water partition coefficient (Wildman–Crippen LogP) is 3.81. The third kappa shape index (κ3) is 1.92. The van der Waals surface area contributed by atoms with Gasteiger partial charge in [0.05, 0.1) is 0 Å². The SMILES string of the molecule is Nc1sc(Cl)nc1-c1cccc(Br)c1. The van der Waals surface area contributed by atoms with E-state index in [0.717, 1.165) is 15.7 Å². The van der Waals surface area contributed by atoms with Gasteiger partial charge in [-0.2, -0.15) is 0 Å². The summed E-state index contributed by atoms with van der Waals surface area (Å²) in [5.74, 6) is 0. The summed E-state index contributed by atoms with van der Waals surface area (Å²) in [6.45, 7) is 0. The maximum atomic E-state index is 5.78. The number of hydrogen-bond acceptors (Lipinski definition) is 3. The van der Waals surface area contributed by atoms with Gasteiger partial charge >= 0.3 is 0 Å². The second-order valence-electron chi connectivity index (χ2n) is 2.69. The second kappa shape index (κ2) is 3.88. The third-order valence-electron chi connectivity index (χ3n) is 1.73. The first kappa shape index (κ1) is 9.96. The summed E-state index contributed by atoms with van der Waals surface area (Å²) in [6.07, 6.45) is 0. The second-order valence-corrected chi connectivity index (χ2v) is 5.22. The fraction of sp³-hybridized carbons (Fsp3) is 0. The quantitative estimate of drug-likeness (QED) is 0.867. The van der Waals surface area contributed by atoms with Crippen LogP contribution in [0.3, 0.4) is 0 Å². The van der Waals surface area contributed by atoms with Crippen molar-refractivity contribution in [3.8, 4) is 11.3 Å². The molecule has 0 fully saturated rings. The highest BCUT2D eigenvalue weighted by Crippen LogP contribution is 2.33. The molecule has 0 saturated carbocycles. The molecule has 1 heterocycles. The molecule has 0 atom stereocenters. The van der Waals surface area contributed by atoms with Crippen molar-refractivity contribution in [1.82, 2.24) is 4.98 Å². The summed E-state index contributed by atoms with van der Waals surface area (Å²) in [7, 11) is 0. The van der Waals surface area contributed by atoms with Gasteiger partial charge < -0.3 is 5.73 Å². The van der Waals surface area contributed by atoms with Gasteiger partial charge in [-0.1, -0.05) is 51.0 Å². The fourth-order valence-electron chi connectivity index (χ4n) is 1.15. The minimum atomic E-state index is 0.470. The van der Waals surface area contributed by atoms with Gasteiger partial charge in [0.15, 0.2) is 4.47 Å². The Kier molecular flexibility index (Phi) is 2.76. The number of thiazole rings is 1. The molecule has 0 amide bonds. The molecule has 2 nitrogen and oxygen atoms in total. The van der Waals surface area contributed by atoms with Crippen LogP contribution in [0.5, 0.6) is 0 Å². The molecule has 1 aromatic carbocycles. The van der Waals surface area contributed by atoms with Gasteiger partial charge in [0.25, 0.3) is 0 Å². The van der Waals surface area contributed by atoms with Crippen molar-refractivity contribution >= 4 is 43.9 Å². The van der Waals surface area contributed by atoms with E-state index in [1.165, 1.54) is 11.3 Å². The number of benzene rings is 1.